The maximum atomic E-state index is 13.1. The summed E-state index contributed by atoms with van der Waals surface area (Å²) in [4.78, 5) is 0. The van der Waals surface area contributed by atoms with Gasteiger partial charge in [0.15, 0.2) is 0 Å². The first-order valence-corrected chi connectivity index (χ1v) is 5.24. The Hall–Kier alpha value is -1.09. The van der Waals surface area contributed by atoms with Crippen LogP contribution < -0.4 is 4.74 Å². The number of rotatable bonds is 2. The molecule has 1 N–H and O–H groups in total. The SMILES string of the molecule is COc1ccc(F)cc1[C@H]1CCC[C@@H]1O. The van der Waals surface area contributed by atoms with Crippen molar-refractivity contribution in [2.45, 2.75) is 31.3 Å². The molecule has 0 bridgehead atoms. The van der Waals surface area contributed by atoms with Crippen molar-refractivity contribution in [3.63, 3.8) is 0 Å². The highest BCUT2D eigenvalue weighted by Crippen LogP contribution is 2.39. The van der Waals surface area contributed by atoms with Gasteiger partial charge in [-0.15, -0.1) is 0 Å². The third-order valence-corrected chi connectivity index (χ3v) is 3.07. The minimum Gasteiger partial charge on any atom is -0.496 e. The Labute approximate surface area is 88.7 Å². The fourth-order valence-electron chi connectivity index (χ4n) is 2.30. The second-order valence-electron chi connectivity index (χ2n) is 3.99. The molecule has 2 rings (SSSR count). The van der Waals surface area contributed by atoms with Gasteiger partial charge in [0.05, 0.1) is 13.2 Å². The second-order valence-corrected chi connectivity index (χ2v) is 3.99. The van der Waals surface area contributed by atoms with Crippen LogP contribution in [0.2, 0.25) is 0 Å². The molecule has 0 aliphatic heterocycles. The first-order chi connectivity index (χ1) is 7.22. The molecule has 1 aliphatic rings. The highest BCUT2D eigenvalue weighted by atomic mass is 19.1. The van der Waals surface area contributed by atoms with Crippen molar-refractivity contribution in [3.8, 4) is 5.75 Å². The van der Waals surface area contributed by atoms with E-state index in [-0.39, 0.29) is 17.8 Å². The van der Waals surface area contributed by atoms with E-state index in [1.807, 2.05) is 0 Å². The molecule has 1 aliphatic carbocycles. The molecule has 0 radical (unpaired) electrons. The minimum absolute atomic E-state index is 0.0237. The fourth-order valence-corrected chi connectivity index (χ4v) is 2.30. The molecule has 1 saturated carbocycles. The molecule has 82 valence electrons. The van der Waals surface area contributed by atoms with E-state index in [9.17, 15) is 9.50 Å². The number of ether oxygens (including phenoxy) is 1. The molecule has 3 heteroatoms. The summed E-state index contributed by atoms with van der Waals surface area (Å²) in [5.74, 6) is 0.419. The van der Waals surface area contributed by atoms with E-state index in [2.05, 4.69) is 0 Å². The molecule has 0 aromatic heterocycles. The van der Waals surface area contributed by atoms with Crippen molar-refractivity contribution in [2.75, 3.05) is 7.11 Å². The Balaban J connectivity index is 2.36. The van der Waals surface area contributed by atoms with Crippen LogP contribution in [-0.2, 0) is 0 Å². The summed E-state index contributed by atoms with van der Waals surface area (Å²) in [6, 6.07) is 4.47. The van der Waals surface area contributed by atoms with Gasteiger partial charge in [0.2, 0.25) is 0 Å². The zero-order valence-corrected chi connectivity index (χ0v) is 8.74. The summed E-state index contributed by atoms with van der Waals surface area (Å²) in [6.45, 7) is 0. The molecule has 2 atom stereocenters. The van der Waals surface area contributed by atoms with Gasteiger partial charge in [-0.3, -0.25) is 0 Å². The van der Waals surface area contributed by atoms with Gasteiger partial charge in [-0.05, 0) is 31.0 Å². The van der Waals surface area contributed by atoms with Gasteiger partial charge in [0.1, 0.15) is 11.6 Å². The van der Waals surface area contributed by atoms with E-state index in [1.165, 1.54) is 12.1 Å². The molecule has 0 heterocycles. The maximum Gasteiger partial charge on any atom is 0.123 e. The van der Waals surface area contributed by atoms with Gasteiger partial charge in [0, 0.05) is 11.5 Å². The molecule has 0 amide bonds. The van der Waals surface area contributed by atoms with Crippen LogP contribution in [0, 0.1) is 5.82 Å². The standard InChI is InChI=1S/C12H15FO2/c1-15-12-6-5-8(13)7-10(12)9-3-2-4-11(9)14/h5-7,9,11,14H,2-4H2,1H3/t9-,11+/m1/s1. The summed E-state index contributed by atoms with van der Waals surface area (Å²) in [5, 5.41) is 9.78. The summed E-state index contributed by atoms with van der Waals surface area (Å²) in [7, 11) is 1.57. The van der Waals surface area contributed by atoms with E-state index >= 15 is 0 Å². The maximum absolute atomic E-state index is 13.1. The quantitative estimate of drug-likeness (QED) is 0.812. The molecule has 1 aromatic rings. The first-order valence-electron chi connectivity index (χ1n) is 5.24. The lowest BCUT2D eigenvalue weighted by molar-refractivity contribution is 0.162. The van der Waals surface area contributed by atoms with Gasteiger partial charge in [-0.2, -0.15) is 0 Å². The number of halogens is 1. The molecular formula is C12H15FO2. The lowest BCUT2D eigenvalue weighted by Crippen LogP contribution is -2.12. The van der Waals surface area contributed by atoms with Gasteiger partial charge in [0.25, 0.3) is 0 Å². The van der Waals surface area contributed by atoms with Crippen molar-refractivity contribution >= 4 is 0 Å². The lowest BCUT2D eigenvalue weighted by Gasteiger charge is -2.17. The van der Waals surface area contributed by atoms with Crippen LogP contribution in [0.3, 0.4) is 0 Å². The molecular weight excluding hydrogens is 195 g/mol. The van der Waals surface area contributed by atoms with Gasteiger partial charge < -0.3 is 9.84 Å². The van der Waals surface area contributed by atoms with E-state index in [0.29, 0.717) is 5.75 Å². The first kappa shape index (κ1) is 10.4. The third kappa shape index (κ3) is 1.97. The number of benzene rings is 1. The van der Waals surface area contributed by atoms with E-state index in [1.54, 1.807) is 13.2 Å². The Morgan fingerprint density at radius 2 is 2.20 bits per heavy atom. The van der Waals surface area contributed by atoms with Gasteiger partial charge in [-0.25, -0.2) is 4.39 Å². The van der Waals surface area contributed by atoms with Crippen LogP contribution in [0.15, 0.2) is 18.2 Å². The Morgan fingerprint density at radius 3 is 2.80 bits per heavy atom. The Morgan fingerprint density at radius 1 is 1.40 bits per heavy atom. The van der Waals surface area contributed by atoms with Crippen LogP contribution in [0.4, 0.5) is 4.39 Å². The van der Waals surface area contributed by atoms with Crippen LogP contribution in [-0.4, -0.2) is 18.3 Å². The average Bonchev–Trinajstić information content (AvgIpc) is 2.64. The predicted octanol–water partition coefficient (Wildman–Crippen LogP) is 2.46. The number of aliphatic hydroxyl groups is 1. The zero-order valence-electron chi connectivity index (χ0n) is 8.74. The summed E-state index contributed by atoms with van der Waals surface area (Å²) >= 11 is 0. The lowest BCUT2D eigenvalue weighted by atomic mass is 9.95. The number of methoxy groups -OCH3 is 1. The smallest absolute Gasteiger partial charge is 0.123 e. The topological polar surface area (TPSA) is 29.5 Å². The molecule has 0 saturated heterocycles. The Kier molecular flexibility index (Phi) is 2.91. The molecule has 2 nitrogen and oxygen atoms in total. The number of hydrogen-bond acceptors (Lipinski definition) is 2. The monoisotopic (exact) mass is 210 g/mol. The highest BCUT2D eigenvalue weighted by Gasteiger charge is 2.29. The molecule has 0 spiro atoms. The van der Waals surface area contributed by atoms with E-state index < -0.39 is 0 Å². The summed E-state index contributed by atoms with van der Waals surface area (Å²) in [6.07, 6.45) is 2.33. The number of aliphatic hydroxyl groups excluding tert-OH is 1. The molecule has 1 aromatic carbocycles. The average molecular weight is 210 g/mol. The van der Waals surface area contributed by atoms with Crippen LogP contribution >= 0.6 is 0 Å². The molecule has 1 fully saturated rings. The van der Waals surface area contributed by atoms with Crippen molar-refractivity contribution < 1.29 is 14.2 Å². The summed E-state index contributed by atoms with van der Waals surface area (Å²) in [5.41, 5.74) is 0.794. The van der Waals surface area contributed by atoms with Crippen molar-refractivity contribution in [2.24, 2.45) is 0 Å². The van der Waals surface area contributed by atoms with Crippen molar-refractivity contribution in [3.05, 3.63) is 29.6 Å². The highest BCUT2D eigenvalue weighted by molar-refractivity contribution is 5.38. The van der Waals surface area contributed by atoms with Crippen LogP contribution in [0.5, 0.6) is 5.75 Å². The van der Waals surface area contributed by atoms with Gasteiger partial charge in [-0.1, -0.05) is 6.42 Å². The fraction of sp³-hybridized carbons (Fsp3) is 0.500. The largest absolute Gasteiger partial charge is 0.496 e. The van der Waals surface area contributed by atoms with Crippen molar-refractivity contribution in [1.29, 1.82) is 0 Å². The second kappa shape index (κ2) is 4.19. The van der Waals surface area contributed by atoms with Gasteiger partial charge >= 0.3 is 0 Å². The van der Waals surface area contributed by atoms with Crippen molar-refractivity contribution in [1.82, 2.24) is 0 Å². The number of hydrogen-bond donors (Lipinski definition) is 1. The molecule has 15 heavy (non-hydrogen) atoms. The van der Waals surface area contributed by atoms with Crippen LogP contribution in [0.1, 0.15) is 30.7 Å². The van der Waals surface area contributed by atoms with Crippen LogP contribution in [0.25, 0.3) is 0 Å². The van der Waals surface area contributed by atoms with E-state index in [4.69, 9.17) is 4.74 Å². The minimum atomic E-state index is -0.360. The Bertz CT molecular complexity index is 351. The van der Waals surface area contributed by atoms with E-state index in [0.717, 1.165) is 24.8 Å². The predicted molar refractivity (Wildman–Crippen MR) is 55.6 cm³/mol. The zero-order chi connectivity index (χ0) is 10.8. The normalized spacial score (nSPS) is 25.5. The third-order valence-electron chi connectivity index (χ3n) is 3.07. The summed E-state index contributed by atoms with van der Waals surface area (Å²) < 4.78 is 18.3. The molecule has 0 unspecified atom stereocenters.